The molecule has 7 nitrogen and oxygen atoms in total. The molecule has 3 aromatic heterocycles. The number of carbonyl (C=O) groups is 1. The molecular weight excluding hydrogens is 463 g/mol. The van der Waals surface area contributed by atoms with Crippen molar-refractivity contribution in [2.45, 2.75) is 45.2 Å². The molecule has 2 N–H and O–H groups in total. The number of halogens is 1. The number of aromatic nitrogens is 3. The number of pyridine rings is 1. The van der Waals surface area contributed by atoms with Crippen LogP contribution in [0.25, 0.3) is 21.1 Å². The Morgan fingerprint density at radius 1 is 1.23 bits per heavy atom. The molecule has 0 unspecified atom stereocenters. The van der Waals surface area contributed by atoms with Crippen LogP contribution in [0.3, 0.4) is 0 Å². The molecule has 9 heteroatoms. The fraction of sp³-hybridized carbons (Fsp3) is 0.385. The molecule has 1 amide bonds. The number of thiophene rings is 1. The highest BCUT2D eigenvalue weighted by Crippen LogP contribution is 2.35. The molecule has 0 radical (unpaired) electrons. The van der Waals surface area contributed by atoms with E-state index in [2.05, 4.69) is 38.5 Å². The summed E-state index contributed by atoms with van der Waals surface area (Å²) in [7, 11) is 0. The van der Waals surface area contributed by atoms with Gasteiger partial charge in [-0.1, -0.05) is 0 Å². The number of carbonyl (C=O) groups excluding carboxylic acids is 1. The number of nitrogens with one attached hydrogen (secondary N) is 2. The van der Waals surface area contributed by atoms with Gasteiger partial charge in [0.05, 0.1) is 16.9 Å². The molecule has 4 aromatic rings. The Balaban J connectivity index is 1.35. The number of nitrogens with zero attached hydrogens (tertiary/aromatic N) is 4. The van der Waals surface area contributed by atoms with Gasteiger partial charge in [-0.3, -0.25) is 4.79 Å². The van der Waals surface area contributed by atoms with Crippen molar-refractivity contribution < 1.29 is 9.18 Å². The number of rotatable bonds is 6. The predicted octanol–water partition coefficient (Wildman–Crippen LogP) is 4.97. The third-order valence-electron chi connectivity index (χ3n) is 6.97. The Labute approximate surface area is 206 Å². The van der Waals surface area contributed by atoms with Crippen LogP contribution in [0.4, 0.5) is 16.0 Å². The summed E-state index contributed by atoms with van der Waals surface area (Å²) in [6.07, 6.45) is 4.43. The first-order valence-electron chi connectivity index (χ1n) is 12.1. The first kappa shape index (κ1) is 22.2. The minimum Gasteiger partial charge on any atom is -0.363 e. The summed E-state index contributed by atoms with van der Waals surface area (Å²) in [4.78, 5) is 29.2. The molecule has 2 atom stereocenters. The molecule has 1 saturated carbocycles. The normalized spacial score (nSPS) is 18.8. The summed E-state index contributed by atoms with van der Waals surface area (Å²) in [6, 6.07) is 7.47. The van der Waals surface area contributed by atoms with E-state index in [1.807, 2.05) is 17.5 Å². The number of fused-ring (bicyclic) bond motifs is 2. The zero-order chi connectivity index (χ0) is 24.1. The Bertz CT molecular complexity index is 1430. The van der Waals surface area contributed by atoms with Crippen LogP contribution in [0.2, 0.25) is 0 Å². The molecule has 1 saturated heterocycles. The summed E-state index contributed by atoms with van der Waals surface area (Å²) in [5.74, 6) is 1.70. The standard InChI is InChI=1S/C26H27FN6OS/c1-14-9-17-10-20(15(2)30-23-19-6-8-35-26(19)29-13-28-23)24(32-22(17)11-21(14)27)33-7-5-18(12-33)31-25(34)16-3-4-16/h6,8-11,13,15-16,18H,3-5,7,12H2,1-2H3,(H,31,34)(H,28,29,30)/t15-,18-/m0/s1. The third-order valence-corrected chi connectivity index (χ3v) is 7.79. The third kappa shape index (κ3) is 4.29. The molecule has 0 bridgehead atoms. The van der Waals surface area contributed by atoms with Crippen molar-refractivity contribution in [3.05, 3.63) is 52.9 Å². The van der Waals surface area contributed by atoms with Gasteiger partial charge in [-0.2, -0.15) is 0 Å². The average molecular weight is 491 g/mol. The van der Waals surface area contributed by atoms with Crippen LogP contribution < -0.4 is 15.5 Å². The number of amides is 1. The SMILES string of the molecule is Cc1cc2cc([C@H](C)Nc3ncnc4sccc34)c(N3CC[C@H](NC(=O)C4CC4)C3)nc2cc1F. The Morgan fingerprint density at radius 2 is 2.09 bits per heavy atom. The van der Waals surface area contributed by atoms with Gasteiger partial charge < -0.3 is 15.5 Å². The first-order valence-corrected chi connectivity index (χ1v) is 12.9. The number of hydrogen-bond acceptors (Lipinski definition) is 7. The molecule has 1 aliphatic carbocycles. The zero-order valence-electron chi connectivity index (χ0n) is 19.7. The Morgan fingerprint density at radius 3 is 2.91 bits per heavy atom. The summed E-state index contributed by atoms with van der Waals surface area (Å²) in [5.41, 5.74) is 2.24. The predicted molar refractivity (Wildman–Crippen MR) is 137 cm³/mol. The van der Waals surface area contributed by atoms with Crippen molar-refractivity contribution in [2.24, 2.45) is 5.92 Å². The van der Waals surface area contributed by atoms with Crippen molar-refractivity contribution in [3.63, 3.8) is 0 Å². The lowest BCUT2D eigenvalue weighted by molar-refractivity contribution is -0.122. The number of anilines is 2. The maximum absolute atomic E-state index is 14.4. The number of hydrogen-bond donors (Lipinski definition) is 2. The lowest BCUT2D eigenvalue weighted by Gasteiger charge is -2.25. The number of benzene rings is 1. The Kier molecular flexibility index (Phi) is 5.51. The highest BCUT2D eigenvalue weighted by molar-refractivity contribution is 7.16. The van der Waals surface area contributed by atoms with Crippen LogP contribution >= 0.6 is 11.3 Å². The maximum Gasteiger partial charge on any atom is 0.223 e. The lowest BCUT2D eigenvalue weighted by atomic mass is 10.0. The zero-order valence-corrected chi connectivity index (χ0v) is 20.5. The van der Waals surface area contributed by atoms with E-state index >= 15 is 0 Å². The minimum atomic E-state index is -0.258. The van der Waals surface area contributed by atoms with Gasteiger partial charge >= 0.3 is 0 Å². The second-order valence-electron chi connectivity index (χ2n) is 9.64. The molecule has 2 fully saturated rings. The maximum atomic E-state index is 14.4. The highest BCUT2D eigenvalue weighted by Gasteiger charge is 2.34. The molecule has 1 aromatic carbocycles. The smallest absolute Gasteiger partial charge is 0.223 e. The van der Waals surface area contributed by atoms with Crippen molar-refractivity contribution in [1.82, 2.24) is 20.3 Å². The van der Waals surface area contributed by atoms with E-state index in [-0.39, 0.29) is 29.7 Å². The van der Waals surface area contributed by atoms with Crippen molar-refractivity contribution >= 4 is 50.0 Å². The largest absolute Gasteiger partial charge is 0.363 e. The van der Waals surface area contributed by atoms with Crippen molar-refractivity contribution in [2.75, 3.05) is 23.3 Å². The molecule has 6 rings (SSSR count). The minimum absolute atomic E-state index is 0.0961. The van der Waals surface area contributed by atoms with Crippen molar-refractivity contribution in [3.8, 4) is 0 Å². The molecule has 4 heterocycles. The van der Waals surface area contributed by atoms with Crippen LogP contribution in [-0.2, 0) is 4.79 Å². The van der Waals surface area contributed by atoms with E-state index in [1.54, 1.807) is 24.6 Å². The molecule has 1 aliphatic heterocycles. The monoisotopic (exact) mass is 490 g/mol. The highest BCUT2D eigenvalue weighted by atomic mass is 32.1. The van der Waals surface area contributed by atoms with Gasteiger partial charge in [0.25, 0.3) is 0 Å². The van der Waals surface area contributed by atoms with Crippen LogP contribution in [0.5, 0.6) is 0 Å². The summed E-state index contributed by atoms with van der Waals surface area (Å²) >= 11 is 1.58. The number of aryl methyl sites for hydroxylation is 1. The fourth-order valence-corrected chi connectivity index (χ4v) is 5.54. The summed E-state index contributed by atoms with van der Waals surface area (Å²) in [6.45, 7) is 5.33. The summed E-state index contributed by atoms with van der Waals surface area (Å²) in [5, 5.41) is 10.7. The fourth-order valence-electron chi connectivity index (χ4n) is 4.81. The van der Waals surface area contributed by atoms with Crippen LogP contribution in [-0.4, -0.2) is 40.0 Å². The van der Waals surface area contributed by atoms with E-state index in [9.17, 15) is 9.18 Å². The van der Waals surface area contributed by atoms with Gasteiger partial charge in [-0.15, -0.1) is 11.3 Å². The van der Waals surface area contributed by atoms with Crippen LogP contribution in [0.15, 0.2) is 36.0 Å². The van der Waals surface area contributed by atoms with Gasteiger partial charge in [0, 0.05) is 42.1 Å². The van der Waals surface area contributed by atoms with Gasteiger partial charge in [-0.05, 0) is 62.3 Å². The lowest BCUT2D eigenvalue weighted by Crippen LogP contribution is -2.38. The van der Waals surface area contributed by atoms with E-state index in [0.29, 0.717) is 17.6 Å². The average Bonchev–Trinajstić information content (AvgIpc) is 3.40. The summed E-state index contributed by atoms with van der Waals surface area (Å²) < 4.78 is 14.4. The van der Waals surface area contributed by atoms with E-state index in [0.717, 1.165) is 58.6 Å². The van der Waals surface area contributed by atoms with Gasteiger partial charge in [0.15, 0.2) is 0 Å². The van der Waals surface area contributed by atoms with Gasteiger partial charge in [0.1, 0.15) is 28.6 Å². The second kappa shape index (κ2) is 8.71. The quantitative estimate of drug-likeness (QED) is 0.397. The molecule has 2 aliphatic rings. The topological polar surface area (TPSA) is 83.0 Å². The van der Waals surface area contributed by atoms with E-state index < -0.39 is 0 Å². The van der Waals surface area contributed by atoms with Crippen LogP contribution in [0.1, 0.15) is 43.4 Å². The van der Waals surface area contributed by atoms with Crippen LogP contribution in [0, 0.1) is 18.7 Å². The molecule has 180 valence electrons. The van der Waals surface area contributed by atoms with Gasteiger partial charge in [-0.25, -0.2) is 19.3 Å². The molecular formula is C26H27FN6OS. The van der Waals surface area contributed by atoms with E-state index in [1.165, 1.54) is 6.07 Å². The van der Waals surface area contributed by atoms with E-state index in [4.69, 9.17) is 4.98 Å². The molecule has 35 heavy (non-hydrogen) atoms. The van der Waals surface area contributed by atoms with Gasteiger partial charge in [0.2, 0.25) is 5.91 Å². The second-order valence-corrected chi connectivity index (χ2v) is 10.5. The van der Waals surface area contributed by atoms with Crippen molar-refractivity contribution in [1.29, 1.82) is 0 Å². The Hall–Kier alpha value is -3.33. The first-order chi connectivity index (χ1) is 17.0. The molecule has 0 spiro atoms.